The summed E-state index contributed by atoms with van der Waals surface area (Å²) in [6, 6.07) is 0. The van der Waals surface area contributed by atoms with Gasteiger partial charge < -0.3 is 5.73 Å². The summed E-state index contributed by atoms with van der Waals surface area (Å²) >= 11 is 0. The van der Waals surface area contributed by atoms with Crippen LogP contribution in [0.1, 0.15) is 27.2 Å². The molecule has 0 spiro atoms. The van der Waals surface area contributed by atoms with Crippen LogP contribution in [0, 0.1) is 5.41 Å². The van der Waals surface area contributed by atoms with Crippen LogP contribution >= 0.6 is 0 Å². The van der Waals surface area contributed by atoms with Crippen LogP contribution in [0.4, 0.5) is 0 Å². The molecule has 0 bridgehead atoms. The first kappa shape index (κ1) is 8.70. The van der Waals surface area contributed by atoms with E-state index in [-0.39, 0.29) is 5.41 Å². The van der Waals surface area contributed by atoms with Crippen molar-refractivity contribution in [1.29, 1.82) is 0 Å². The summed E-state index contributed by atoms with van der Waals surface area (Å²) in [4.78, 5) is 0. The fourth-order valence-electron chi connectivity index (χ4n) is 0.549. The molecule has 0 aliphatic rings. The van der Waals surface area contributed by atoms with Crippen LogP contribution in [0.2, 0.25) is 0 Å². The Balaban J connectivity index is 3.74. The van der Waals surface area contributed by atoms with E-state index in [9.17, 15) is 0 Å². The zero-order chi connectivity index (χ0) is 7.49. The Labute approximate surface area is 57.9 Å². The van der Waals surface area contributed by atoms with Gasteiger partial charge in [0.2, 0.25) is 0 Å². The largest absolute Gasteiger partial charge is 0.330 e. The summed E-state index contributed by atoms with van der Waals surface area (Å²) in [6.45, 7) is 11.1. The van der Waals surface area contributed by atoms with Gasteiger partial charge in [-0.2, -0.15) is 0 Å². The van der Waals surface area contributed by atoms with Gasteiger partial charge in [-0.3, -0.25) is 0 Å². The Hall–Kier alpha value is -0.300. The first-order valence-corrected chi connectivity index (χ1v) is 3.37. The predicted molar refractivity (Wildman–Crippen MR) is 42.3 cm³/mol. The summed E-state index contributed by atoms with van der Waals surface area (Å²) in [6.07, 6.45) is 0.948. The average Bonchev–Trinajstić information content (AvgIpc) is 1.64. The second kappa shape index (κ2) is 3.02. The van der Waals surface area contributed by atoms with Crippen molar-refractivity contribution < 1.29 is 0 Å². The molecule has 0 fully saturated rings. The quantitative estimate of drug-likeness (QED) is 0.564. The minimum atomic E-state index is 0.235. The standard InChI is InChI=1S/C8H17N/c1-7(5-6-9)8(2,3)4/h1,5-6,9H2,2-4H3. The maximum absolute atomic E-state index is 5.37. The number of hydrogen-bond donors (Lipinski definition) is 1. The van der Waals surface area contributed by atoms with Gasteiger partial charge in [0.05, 0.1) is 0 Å². The maximum atomic E-state index is 5.37. The van der Waals surface area contributed by atoms with Gasteiger partial charge in [-0.1, -0.05) is 32.9 Å². The van der Waals surface area contributed by atoms with Crippen molar-refractivity contribution in [2.75, 3.05) is 6.54 Å². The molecule has 9 heavy (non-hydrogen) atoms. The molecule has 0 rings (SSSR count). The molecule has 0 aromatic rings. The zero-order valence-corrected chi connectivity index (χ0v) is 6.70. The second-order valence-corrected chi connectivity index (χ2v) is 3.39. The van der Waals surface area contributed by atoms with Crippen molar-refractivity contribution in [3.05, 3.63) is 12.2 Å². The molecule has 0 saturated carbocycles. The minimum Gasteiger partial charge on any atom is -0.330 e. The van der Waals surface area contributed by atoms with Crippen molar-refractivity contribution >= 4 is 0 Å². The van der Waals surface area contributed by atoms with E-state index in [1.165, 1.54) is 5.57 Å². The molecule has 0 aliphatic heterocycles. The molecule has 0 atom stereocenters. The van der Waals surface area contributed by atoms with Gasteiger partial charge in [0.25, 0.3) is 0 Å². The normalized spacial score (nSPS) is 11.6. The molecular formula is C8H17N. The molecule has 0 aromatic carbocycles. The molecule has 0 aliphatic carbocycles. The molecular weight excluding hydrogens is 110 g/mol. The van der Waals surface area contributed by atoms with Gasteiger partial charge in [0.1, 0.15) is 0 Å². The summed E-state index contributed by atoms with van der Waals surface area (Å²) in [5.74, 6) is 0. The minimum absolute atomic E-state index is 0.235. The van der Waals surface area contributed by atoms with Gasteiger partial charge >= 0.3 is 0 Å². The smallest absolute Gasteiger partial charge is 0.00398 e. The van der Waals surface area contributed by atoms with E-state index >= 15 is 0 Å². The van der Waals surface area contributed by atoms with Crippen LogP contribution in [0.3, 0.4) is 0 Å². The van der Waals surface area contributed by atoms with Crippen molar-refractivity contribution in [1.82, 2.24) is 0 Å². The van der Waals surface area contributed by atoms with E-state index in [2.05, 4.69) is 27.4 Å². The molecule has 0 unspecified atom stereocenters. The van der Waals surface area contributed by atoms with Gasteiger partial charge in [-0.15, -0.1) is 0 Å². The zero-order valence-electron chi connectivity index (χ0n) is 6.70. The molecule has 1 nitrogen and oxygen atoms in total. The molecule has 0 radical (unpaired) electrons. The highest BCUT2D eigenvalue weighted by molar-refractivity contribution is 5.04. The highest BCUT2D eigenvalue weighted by Crippen LogP contribution is 2.25. The lowest BCUT2D eigenvalue weighted by Crippen LogP contribution is -2.12. The van der Waals surface area contributed by atoms with Crippen molar-refractivity contribution in [2.45, 2.75) is 27.2 Å². The van der Waals surface area contributed by atoms with Crippen LogP contribution in [0.5, 0.6) is 0 Å². The number of hydrogen-bond acceptors (Lipinski definition) is 1. The van der Waals surface area contributed by atoms with E-state index in [1.807, 2.05) is 0 Å². The Kier molecular flexibility index (Phi) is 2.92. The van der Waals surface area contributed by atoms with Crippen LogP contribution in [0.15, 0.2) is 12.2 Å². The fourth-order valence-corrected chi connectivity index (χ4v) is 0.549. The Morgan fingerprint density at radius 3 is 2.00 bits per heavy atom. The summed E-state index contributed by atoms with van der Waals surface area (Å²) in [7, 11) is 0. The van der Waals surface area contributed by atoms with Crippen LogP contribution in [0.25, 0.3) is 0 Å². The lowest BCUT2D eigenvalue weighted by molar-refractivity contribution is 0.486. The van der Waals surface area contributed by atoms with E-state index in [0.29, 0.717) is 0 Å². The Bertz CT molecular complexity index is 97.6. The van der Waals surface area contributed by atoms with E-state index in [4.69, 9.17) is 5.73 Å². The van der Waals surface area contributed by atoms with Crippen molar-refractivity contribution in [3.63, 3.8) is 0 Å². The third-order valence-corrected chi connectivity index (χ3v) is 1.51. The summed E-state index contributed by atoms with van der Waals surface area (Å²) in [5.41, 5.74) is 6.84. The fraction of sp³-hybridized carbons (Fsp3) is 0.750. The lowest BCUT2D eigenvalue weighted by atomic mass is 9.86. The first-order valence-electron chi connectivity index (χ1n) is 3.37. The van der Waals surface area contributed by atoms with Crippen molar-refractivity contribution in [2.24, 2.45) is 11.1 Å². The number of nitrogens with two attached hydrogens (primary N) is 1. The van der Waals surface area contributed by atoms with Gasteiger partial charge in [-0.25, -0.2) is 0 Å². The predicted octanol–water partition coefficient (Wildman–Crippen LogP) is 1.94. The summed E-state index contributed by atoms with van der Waals surface area (Å²) in [5, 5.41) is 0. The Morgan fingerprint density at radius 2 is 1.89 bits per heavy atom. The van der Waals surface area contributed by atoms with E-state index < -0.39 is 0 Å². The molecule has 2 N–H and O–H groups in total. The molecule has 1 heteroatoms. The molecule has 0 heterocycles. The van der Waals surface area contributed by atoms with Crippen LogP contribution in [-0.2, 0) is 0 Å². The van der Waals surface area contributed by atoms with Crippen LogP contribution < -0.4 is 5.73 Å². The second-order valence-electron chi connectivity index (χ2n) is 3.39. The molecule has 0 aromatic heterocycles. The van der Waals surface area contributed by atoms with Gasteiger partial charge in [0, 0.05) is 0 Å². The van der Waals surface area contributed by atoms with Crippen LogP contribution in [-0.4, -0.2) is 6.54 Å². The van der Waals surface area contributed by atoms with Gasteiger partial charge in [-0.05, 0) is 18.4 Å². The first-order chi connectivity index (χ1) is 3.98. The molecule has 0 saturated heterocycles. The third-order valence-electron chi connectivity index (χ3n) is 1.51. The SMILES string of the molecule is C=C(CCN)C(C)(C)C. The van der Waals surface area contributed by atoms with E-state index in [1.54, 1.807) is 0 Å². The molecule has 0 amide bonds. The highest BCUT2D eigenvalue weighted by atomic mass is 14.5. The maximum Gasteiger partial charge on any atom is -0.00398 e. The summed E-state index contributed by atoms with van der Waals surface area (Å²) < 4.78 is 0. The number of rotatable bonds is 2. The lowest BCUT2D eigenvalue weighted by Gasteiger charge is -2.20. The van der Waals surface area contributed by atoms with Gasteiger partial charge in [0.15, 0.2) is 0 Å². The average molecular weight is 127 g/mol. The molecule has 54 valence electrons. The topological polar surface area (TPSA) is 26.0 Å². The Morgan fingerprint density at radius 1 is 1.44 bits per heavy atom. The van der Waals surface area contributed by atoms with E-state index in [0.717, 1.165) is 13.0 Å². The highest BCUT2D eigenvalue weighted by Gasteiger charge is 2.12. The monoisotopic (exact) mass is 127 g/mol. The van der Waals surface area contributed by atoms with Crippen molar-refractivity contribution in [3.8, 4) is 0 Å². The third kappa shape index (κ3) is 3.31.